The molecule has 1 heterocycles. The number of ether oxygens (including phenoxy) is 2. The molecule has 1 aliphatic rings. The van der Waals surface area contributed by atoms with Crippen molar-refractivity contribution in [3.05, 3.63) is 65.7 Å². The maximum Gasteiger partial charge on any atom is 0.308 e. The van der Waals surface area contributed by atoms with E-state index in [2.05, 4.69) is 5.32 Å². The molecule has 32 heavy (non-hydrogen) atoms. The molecule has 0 spiro atoms. The third-order valence-electron chi connectivity index (χ3n) is 5.14. The van der Waals surface area contributed by atoms with Crippen molar-refractivity contribution >= 4 is 17.8 Å². The molecule has 0 saturated carbocycles. The lowest BCUT2D eigenvalue weighted by atomic mass is 10.1. The zero-order valence-electron chi connectivity index (χ0n) is 18.6. The molecular formula is C25H30N2O5. The number of nitrogens with one attached hydrogen (secondary N) is 1. The standard InChI is InChI=1S/C25H30N2O5/c1-18(2)32-21-12-10-20(11-13-21)25(30)27-15-14-26-24(29)22(27)17-23(28)31-16-6-9-19-7-4-3-5-8-19/h3-5,7-8,10-13,18,22H,6,9,14-17H2,1-2H3,(H,26,29). The molecular weight excluding hydrogens is 408 g/mol. The number of aryl methyl sites for hydroxylation is 1. The molecule has 2 aromatic rings. The Hall–Kier alpha value is -3.35. The van der Waals surface area contributed by atoms with Gasteiger partial charge >= 0.3 is 5.97 Å². The van der Waals surface area contributed by atoms with E-state index in [1.807, 2.05) is 44.2 Å². The molecule has 1 fully saturated rings. The monoisotopic (exact) mass is 438 g/mol. The summed E-state index contributed by atoms with van der Waals surface area (Å²) in [6.45, 7) is 4.81. The van der Waals surface area contributed by atoms with Gasteiger partial charge in [-0.1, -0.05) is 30.3 Å². The van der Waals surface area contributed by atoms with Crippen molar-refractivity contribution in [3.63, 3.8) is 0 Å². The molecule has 7 heteroatoms. The SMILES string of the molecule is CC(C)Oc1ccc(C(=O)N2CCNC(=O)C2CC(=O)OCCCc2ccccc2)cc1. The highest BCUT2D eigenvalue weighted by Crippen LogP contribution is 2.18. The fourth-order valence-corrected chi connectivity index (χ4v) is 3.60. The topological polar surface area (TPSA) is 84.9 Å². The Balaban J connectivity index is 1.55. The van der Waals surface area contributed by atoms with Crippen molar-refractivity contribution in [2.75, 3.05) is 19.7 Å². The van der Waals surface area contributed by atoms with Crippen LogP contribution in [0.2, 0.25) is 0 Å². The number of amides is 2. The minimum Gasteiger partial charge on any atom is -0.491 e. The first kappa shape index (κ1) is 23.3. The van der Waals surface area contributed by atoms with E-state index >= 15 is 0 Å². The van der Waals surface area contributed by atoms with Gasteiger partial charge in [0.25, 0.3) is 5.91 Å². The van der Waals surface area contributed by atoms with E-state index in [0.29, 0.717) is 30.8 Å². The quantitative estimate of drug-likeness (QED) is 0.481. The van der Waals surface area contributed by atoms with E-state index < -0.39 is 12.0 Å². The first-order chi connectivity index (χ1) is 15.4. The summed E-state index contributed by atoms with van der Waals surface area (Å²) in [4.78, 5) is 39.3. The maximum absolute atomic E-state index is 13.0. The molecule has 170 valence electrons. The van der Waals surface area contributed by atoms with E-state index in [1.165, 1.54) is 10.5 Å². The van der Waals surface area contributed by atoms with Gasteiger partial charge in [0.1, 0.15) is 11.8 Å². The van der Waals surface area contributed by atoms with Gasteiger partial charge in [-0.05, 0) is 56.5 Å². The molecule has 3 rings (SSSR count). The Kier molecular flexibility index (Phi) is 8.25. The summed E-state index contributed by atoms with van der Waals surface area (Å²) in [5.41, 5.74) is 1.62. The molecule has 0 aliphatic carbocycles. The minimum atomic E-state index is -0.885. The summed E-state index contributed by atoms with van der Waals surface area (Å²) in [6.07, 6.45) is 1.36. The lowest BCUT2D eigenvalue weighted by molar-refractivity contribution is -0.147. The van der Waals surface area contributed by atoms with Crippen LogP contribution in [0, 0.1) is 0 Å². The van der Waals surface area contributed by atoms with Crippen LogP contribution in [0.25, 0.3) is 0 Å². The zero-order chi connectivity index (χ0) is 22.9. The van der Waals surface area contributed by atoms with Gasteiger partial charge in [0.05, 0.1) is 19.1 Å². The normalized spacial score (nSPS) is 15.9. The van der Waals surface area contributed by atoms with Gasteiger partial charge in [-0.25, -0.2) is 0 Å². The molecule has 0 radical (unpaired) electrons. The van der Waals surface area contributed by atoms with E-state index in [9.17, 15) is 14.4 Å². The molecule has 1 atom stereocenters. The molecule has 1 aliphatic heterocycles. The van der Waals surface area contributed by atoms with Gasteiger partial charge in [-0.15, -0.1) is 0 Å². The average Bonchev–Trinajstić information content (AvgIpc) is 2.78. The largest absolute Gasteiger partial charge is 0.491 e. The third-order valence-corrected chi connectivity index (χ3v) is 5.14. The number of piperazine rings is 1. The molecule has 7 nitrogen and oxygen atoms in total. The molecule has 1 N–H and O–H groups in total. The van der Waals surface area contributed by atoms with Crippen LogP contribution >= 0.6 is 0 Å². The number of carbonyl (C=O) groups is 3. The predicted octanol–water partition coefficient (Wildman–Crippen LogP) is 2.98. The van der Waals surface area contributed by atoms with Crippen LogP contribution < -0.4 is 10.1 Å². The predicted molar refractivity (Wildman–Crippen MR) is 120 cm³/mol. The van der Waals surface area contributed by atoms with E-state index in [4.69, 9.17) is 9.47 Å². The summed E-state index contributed by atoms with van der Waals surface area (Å²) in [7, 11) is 0. The minimum absolute atomic E-state index is 0.0328. The van der Waals surface area contributed by atoms with E-state index in [-0.39, 0.29) is 30.9 Å². The Morgan fingerprint density at radius 3 is 2.50 bits per heavy atom. The van der Waals surface area contributed by atoms with Gasteiger partial charge in [-0.2, -0.15) is 0 Å². The summed E-state index contributed by atoms with van der Waals surface area (Å²) >= 11 is 0. The molecule has 2 aromatic carbocycles. The highest BCUT2D eigenvalue weighted by atomic mass is 16.5. The Morgan fingerprint density at radius 2 is 1.81 bits per heavy atom. The van der Waals surface area contributed by atoms with Crippen LogP contribution in [0.15, 0.2) is 54.6 Å². The lowest BCUT2D eigenvalue weighted by Crippen LogP contribution is -2.57. The summed E-state index contributed by atoms with van der Waals surface area (Å²) in [5, 5.41) is 2.73. The van der Waals surface area contributed by atoms with Crippen molar-refractivity contribution in [2.45, 2.75) is 45.3 Å². The number of hydrogen-bond acceptors (Lipinski definition) is 5. The van der Waals surface area contributed by atoms with E-state index in [1.54, 1.807) is 24.3 Å². The van der Waals surface area contributed by atoms with Crippen molar-refractivity contribution in [2.24, 2.45) is 0 Å². The van der Waals surface area contributed by atoms with Gasteiger partial charge in [0.15, 0.2) is 0 Å². The number of rotatable bonds is 9. The first-order valence-corrected chi connectivity index (χ1v) is 11.0. The zero-order valence-corrected chi connectivity index (χ0v) is 18.6. The highest BCUT2D eigenvalue weighted by molar-refractivity contribution is 5.99. The fourth-order valence-electron chi connectivity index (χ4n) is 3.60. The second-order valence-electron chi connectivity index (χ2n) is 8.01. The molecule has 1 saturated heterocycles. The lowest BCUT2D eigenvalue weighted by Gasteiger charge is -2.34. The van der Waals surface area contributed by atoms with Gasteiger partial charge in [-0.3, -0.25) is 14.4 Å². The average molecular weight is 439 g/mol. The van der Waals surface area contributed by atoms with Crippen LogP contribution in [0.1, 0.15) is 42.6 Å². The molecule has 0 aromatic heterocycles. The van der Waals surface area contributed by atoms with E-state index in [0.717, 1.165) is 6.42 Å². The number of carbonyl (C=O) groups excluding carboxylic acids is 3. The van der Waals surface area contributed by atoms with Crippen LogP contribution in [0.3, 0.4) is 0 Å². The highest BCUT2D eigenvalue weighted by Gasteiger charge is 2.35. The van der Waals surface area contributed by atoms with Crippen molar-refractivity contribution in [1.82, 2.24) is 10.2 Å². The van der Waals surface area contributed by atoms with Gasteiger partial charge in [0.2, 0.25) is 5.91 Å². The Morgan fingerprint density at radius 1 is 1.09 bits per heavy atom. The third kappa shape index (κ3) is 6.57. The second kappa shape index (κ2) is 11.3. The van der Waals surface area contributed by atoms with Crippen LogP contribution in [-0.2, 0) is 20.7 Å². The summed E-state index contributed by atoms with van der Waals surface area (Å²) in [6, 6.07) is 15.9. The number of benzene rings is 2. The fraction of sp³-hybridized carbons (Fsp3) is 0.400. The Bertz CT molecular complexity index is 912. The van der Waals surface area contributed by atoms with Gasteiger partial charge in [0, 0.05) is 18.7 Å². The van der Waals surface area contributed by atoms with Crippen molar-refractivity contribution in [1.29, 1.82) is 0 Å². The smallest absolute Gasteiger partial charge is 0.308 e. The van der Waals surface area contributed by atoms with Crippen molar-refractivity contribution in [3.8, 4) is 5.75 Å². The summed E-state index contributed by atoms with van der Waals surface area (Å²) in [5.74, 6) is -0.453. The van der Waals surface area contributed by atoms with Crippen LogP contribution in [0.5, 0.6) is 5.75 Å². The number of esters is 1. The second-order valence-corrected chi connectivity index (χ2v) is 8.01. The maximum atomic E-state index is 13.0. The molecule has 0 bridgehead atoms. The van der Waals surface area contributed by atoms with Crippen LogP contribution in [0.4, 0.5) is 0 Å². The first-order valence-electron chi connectivity index (χ1n) is 11.0. The van der Waals surface area contributed by atoms with Gasteiger partial charge < -0.3 is 19.7 Å². The van der Waals surface area contributed by atoms with Crippen molar-refractivity contribution < 1.29 is 23.9 Å². The molecule has 2 amide bonds. The number of nitrogens with zero attached hydrogens (tertiary/aromatic N) is 1. The summed E-state index contributed by atoms with van der Waals surface area (Å²) < 4.78 is 10.9. The molecule has 1 unspecified atom stereocenters. The number of hydrogen-bond donors (Lipinski definition) is 1. The van der Waals surface area contributed by atoms with Crippen LogP contribution in [-0.4, -0.2) is 54.5 Å². The Labute approximate surface area is 188 Å².